The fourth-order valence-electron chi connectivity index (χ4n) is 3.04. The second-order valence-corrected chi connectivity index (χ2v) is 5.88. The number of nitrogens with two attached hydrogens (primary N) is 1. The molecule has 0 atom stereocenters. The molecule has 0 unspecified atom stereocenters. The lowest BCUT2D eigenvalue weighted by Crippen LogP contribution is -2.02. The first-order valence-corrected chi connectivity index (χ1v) is 8.00. The molecule has 3 rings (SSSR count). The predicted octanol–water partition coefficient (Wildman–Crippen LogP) is 3.68. The fourth-order valence-corrected chi connectivity index (χ4v) is 3.04. The Kier molecular flexibility index (Phi) is 4.65. The maximum absolute atomic E-state index is 5.57. The van der Waals surface area contributed by atoms with Gasteiger partial charge in [-0.15, -0.1) is 0 Å². The molecule has 1 aliphatic carbocycles. The molecule has 1 aliphatic rings. The van der Waals surface area contributed by atoms with Crippen LogP contribution in [-0.2, 0) is 6.42 Å². The van der Waals surface area contributed by atoms with Crippen LogP contribution in [0, 0.1) is 0 Å². The Labute approximate surface area is 125 Å². The normalized spacial score (nSPS) is 16.8. The first-order valence-electron chi connectivity index (χ1n) is 8.00. The largest absolute Gasteiger partial charge is 0.334 e. The highest BCUT2D eigenvalue weighted by molar-refractivity contribution is 5.53. The lowest BCUT2D eigenvalue weighted by atomic mass is 10.00. The molecule has 112 valence electrons. The van der Waals surface area contributed by atoms with Crippen molar-refractivity contribution in [1.29, 1.82) is 0 Å². The summed E-state index contributed by atoms with van der Waals surface area (Å²) in [5.41, 5.74) is 7.80. The molecule has 1 aromatic heterocycles. The highest BCUT2D eigenvalue weighted by atomic mass is 16.5. The average molecular weight is 285 g/mol. The van der Waals surface area contributed by atoms with Gasteiger partial charge in [0.2, 0.25) is 0 Å². The van der Waals surface area contributed by atoms with Crippen LogP contribution in [0.25, 0.3) is 11.5 Å². The van der Waals surface area contributed by atoms with Gasteiger partial charge in [0.15, 0.2) is 5.82 Å². The minimum Gasteiger partial charge on any atom is -0.334 e. The number of rotatable bonds is 4. The van der Waals surface area contributed by atoms with Gasteiger partial charge in [0, 0.05) is 11.5 Å². The second-order valence-electron chi connectivity index (χ2n) is 5.88. The van der Waals surface area contributed by atoms with E-state index in [9.17, 15) is 0 Å². The molecule has 0 amide bonds. The van der Waals surface area contributed by atoms with Crippen LogP contribution >= 0.6 is 0 Å². The van der Waals surface area contributed by atoms with Crippen molar-refractivity contribution >= 4 is 0 Å². The number of benzene rings is 1. The van der Waals surface area contributed by atoms with Gasteiger partial charge in [0.25, 0.3) is 5.89 Å². The minimum atomic E-state index is 0.474. The van der Waals surface area contributed by atoms with Gasteiger partial charge in [0.05, 0.1) is 0 Å². The SMILES string of the molecule is NCCc1ccc(-c2nc(C3CCCCCC3)no2)cc1. The van der Waals surface area contributed by atoms with E-state index in [4.69, 9.17) is 10.3 Å². The topological polar surface area (TPSA) is 64.9 Å². The van der Waals surface area contributed by atoms with Crippen LogP contribution < -0.4 is 5.73 Å². The van der Waals surface area contributed by atoms with Gasteiger partial charge in [-0.25, -0.2) is 0 Å². The Bertz CT molecular complexity index is 554. The molecule has 0 aliphatic heterocycles. The first kappa shape index (κ1) is 14.3. The van der Waals surface area contributed by atoms with E-state index in [0.29, 0.717) is 18.4 Å². The number of hydrogen-bond donors (Lipinski definition) is 1. The highest BCUT2D eigenvalue weighted by Crippen LogP contribution is 2.31. The van der Waals surface area contributed by atoms with Gasteiger partial charge in [-0.05, 0) is 43.5 Å². The maximum atomic E-state index is 5.57. The molecule has 0 saturated heterocycles. The molecule has 21 heavy (non-hydrogen) atoms. The smallest absolute Gasteiger partial charge is 0.257 e. The van der Waals surface area contributed by atoms with E-state index < -0.39 is 0 Å². The maximum Gasteiger partial charge on any atom is 0.257 e. The van der Waals surface area contributed by atoms with Crippen LogP contribution in [0.2, 0.25) is 0 Å². The Hall–Kier alpha value is -1.68. The second kappa shape index (κ2) is 6.85. The molecule has 1 aromatic carbocycles. The van der Waals surface area contributed by atoms with Gasteiger partial charge in [-0.3, -0.25) is 0 Å². The summed E-state index contributed by atoms with van der Waals surface area (Å²) in [6.07, 6.45) is 8.51. The third-order valence-electron chi connectivity index (χ3n) is 4.30. The Balaban J connectivity index is 1.74. The van der Waals surface area contributed by atoms with Gasteiger partial charge in [-0.2, -0.15) is 4.98 Å². The third kappa shape index (κ3) is 3.50. The summed E-state index contributed by atoms with van der Waals surface area (Å²) >= 11 is 0. The van der Waals surface area contributed by atoms with E-state index >= 15 is 0 Å². The number of nitrogens with zero attached hydrogens (tertiary/aromatic N) is 2. The van der Waals surface area contributed by atoms with Crippen molar-refractivity contribution in [2.75, 3.05) is 6.54 Å². The lowest BCUT2D eigenvalue weighted by molar-refractivity contribution is 0.410. The van der Waals surface area contributed by atoms with Crippen molar-refractivity contribution in [3.63, 3.8) is 0 Å². The van der Waals surface area contributed by atoms with Gasteiger partial charge < -0.3 is 10.3 Å². The molecule has 2 aromatic rings. The summed E-state index contributed by atoms with van der Waals surface area (Å²) in [5.74, 6) is 1.99. The molecule has 1 saturated carbocycles. The first-order chi connectivity index (χ1) is 10.4. The van der Waals surface area contributed by atoms with Crippen molar-refractivity contribution in [2.24, 2.45) is 5.73 Å². The molecule has 4 heteroatoms. The van der Waals surface area contributed by atoms with Crippen LogP contribution in [-0.4, -0.2) is 16.7 Å². The molecule has 0 bridgehead atoms. The van der Waals surface area contributed by atoms with E-state index in [1.54, 1.807) is 0 Å². The molecule has 0 spiro atoms. The summed E-state index contributed by atoms with van der Waals surface area (Å²) in [5, 5.41) is 4.21. The van der Waals surface area contributed by atoms with Gasteiger partial charge in [0.1, 0.15) is 0 Å². The van der Waals surface area contributed by atoms with E-state index in [0.717, 1.165) is 17.8 Å². The summed E-state index contributed by atoms with van der Waals surface area (Å²) in [4.78, 5) is 4.62. The number of hydrogen-bond acceptors (Lipinski definition) is 4. The van der Waals surface area contributed by atoms with E-state index in [1.165, 1.54) is 44.1 Å². The average Bonchev–Trinajstić information content (AvgIpc) is 2.84. The number of aromatic nitrogens is 2. The molecule has 0 radical (unpaired) electrons. The molecular formula is C17H23N3O. The third-order valence-corrected chi connectivity index (χ3v) is 4.30. The zero-order valence-electron chi connectivity index (χ0n) is 12.4. The molecule has 1 fully saturated rings. The molecular weight excluding hydrogens is 262 g/mol. The summed E-state index contributed by atoms with van der Waals surface area (Å²) in [6.45, 7) is 0.672. The molecule has 2 N–H and O–H groups in total. The van der Waals surface area contributed by atoms with E-state index in [-0.39, 0.29) is 0 Å². The molecule has 1 heterocycles. The zero-order valence-corrected chi connectivity index (χ0v) is 12.4. The summed E-state index contributed by atoms with van der Waals surface area (Å²) in [6, 6.07) is 8.24. The minimum absolute atomic E-state index is 0.474. The predicted molar refractivity (Wildman–Crippen MR) is 82.9 cm³/mol. The van der Waals surface area contributed by atoms with Gasteiger partial charge >= 0.3 is 0 Å². The van der Waals surface area contributed by atoms with E-state index in [2.05, 4.69) is 22.3 Å². The van der Waals surface area contributed by atoms with Crippen molar-refractivity contribution in [3.8, 4) is 11.5 Å². The van der Waals surface area contributed by atoms with Crippen molar-refractivity contribution in [2.45, 2.75) is 50.9 Å². The Morgan fingerprint density at radius 3 is 2.43 bits per heavy atom. The van der Waals surface area contributed by atoms with Crippen LogP contribution in [0.1, 0.15) is 55.8 Å². The lowest BCUT2D eigenvalue weighted by Gasteiger charge is -2.07. The fraction of sp³-hybridized carbons (Fsp3) is 0.529. The quantitative estimate of drug-likeness (QED) is 0.870. The van der Waals surface area contributed by atoms with Crippen LogP contribution in [0.5, 0.6) is 0 Å². The van der Waals surface area contributed by atoms with Gasteiger partial charge in [-0.1, -0.05) is 43.0 Å². The Morgan fingerprint density at radius 2 is 1.76 bits per heavy atom. The van der Waals surface area contributed by atoms with Crippen LogP contribution in [0.15, 0.2) is 28.8 Å². The highest BCUT2D eigenvalue weighted by Gasteiger charge is 2.20. The summed E-state index contributed by atoms with van der Waals surface area (Å²) < 4.78 is 5.46. The Morgan fingerprint density at radius 1 is 1.05 bits per heavy atom. The summed E-state index contributed by atoms with van der Waals surface area (Å²) in [7, 11) is 0. The zero-order chi connectivity index (χ0) is 14.5. The van der Waals surface area contributed by atoms with Crippen molar-refractivity contribution in [3.05, 3.63) is 35.7 Å². The van der Waals surface area contributed by atoms with Crippen LogP contribution in [0.4, 0.5) is 0 Å². The standard InChI is InChI=1S/C17H23N3O/c18-12-11-13-7-9-15(10-8-13)17-19-16(20-21-17)14-5-3-1-2-4-6-14/h7-10,14H,1-6,11-12,18H2. The van der Waals surface area contributed by atoms with E-state index in [1.807, 2.05) is 12.1 Å². The van der Waals surface area contributed by atoms with Crippen molar-refractivity contribution in [1.82, 2.24) is 10.1 Å². The molecule has 4 nitrogen and oxygen atoms in total. The monoisotopic (exact) mass is 285 g/mol. The van der Waals surface area contributed by atoms with Crippen molar-refractivity contribution < 1.29 is 4.52 Å². The van der Waals surface area contributed by atoms with Crippen LogP contribution in [0.3, 0.4) is 0 Å².